The van der Waals surface area contributed by atoms with E-state index in [0.29, 0.717) is 0 Å². The minimum absolute atomic E-state index is 0.742. The lowest BCUT2D eigenvalue weighted by Crippen LogP contribution is -1.89. The highest BCUT2D eigenvalue weighted by atomic mass is 32.1. The van der Waals surface area contributed by atoms with E-state index in [0.717, 1.165) is 11.2 Å². The first-order chi connectivity index (χ1) is 6.31. The molecule has 2 rings (SSSR count). The average molecular weight is 186 g/mol. The number of thiocarbonyl (C=S) groups is 1. The van der Waals surface area contributed by atoms with Gasteiger partial charge in [-0.15, -0.1) is 0 Å². The lowest BCUT2D eigenvalue weighted by atomic mass is 10.1. The third-order valence-electron chi connectivity index (χ3n) is 2.03. The average Bonchev–Trinajstić information content (AvgIpc) is 2.18. The van der Waals surface area contributed by atoms with Crippen molar-refractivity contribution in [3.63, 3.8) is 0 Å². The maximum absolute atomic E-state index is 4.73. The van der Waals surface area contributed by atoms with Gasteiger partial charge in [0.1, 0.15) is 0 Å². The molecule has 1 radical (unpaired) electrons. The zero-order valence-electron chi connectivity index (χ0n) is 7.24. The molecule has 1 aromatic heterocycles. The summed E-state index contributed by atoms with van der Waals surface area (Å²) < 4.78 is 0. The number of hydrogen-bond acceptors (Lipinski definition) is 2. The van der Waals surface area contributed by atoms with Gasteiger partial charge >= 0.3 is 0 Å². The number of para-hydroxylation sites is 1. The maximum atomic E-state index is 4.73. The maximum Gasteiger partial charge on any atom is 0.0836 e. The van der Waals surface area contributed by atoms with Crippen molar-refractivity contribution in [3.8, 4) is 0 Å². The van der Waals surface area contributed by atoms with Crippen molar-refractivity contribution in [2.45, 2.75) is 6.92 Å². The third-order valence-corrected chi connectivity index (χ3v) is 2.24. The van der Waals surface area contributed by atoms with Gasteiger partial charge in [0.05, 0.1) is 16.6 Å². The molecule has 0 unspecified atom stereocenters. The largest absolute Gasteiger partial charge is 0.247 e. The lowest BCUT2D eigenvalue weighted by Gasteiger charge is -2.01. The predicted molar refractivity (Wildman–Crippen MR) is 58.2 cm³/mol. The van der Waals surface area contributed by atoms with Crippen LogP contribution in [0.25, 0.3) is 10.9 Å². The van der Waals surface area contributed by atoms with Gasteiger partial charge in [-0.05, 0) is 24.6 Å². The van der Waals surface area contributed by atoms with Crippen LogP contribution >= 0.6 is 12.2 Å². The molecule has 1 aromatic carbocycles. The number of benzene rings is 1. The van der Waals surface area contributed by atoms with Crippen LogP contribution in [0, 0.1) is 6.92 Å². The molecular formula is C11H8NS. The molecule has 0 bridgehead atoms. The highest BCUT2D eigenvalue weighted by Gasteiger charge is 1.99. The second-order valence-electron chi connectivity index (χ2n) is 2.94. The fourth-order valence-electron chi connectivity index (χ4n) is 1.40. The third kappa shape index (κ3) is 1.45. The van der Waals surface area contributed by atoms with Crippen LogP contribution in [-0.2, 0) is 0 Å². The number of pyridine rings is 1. The van der Waals surface area contributed by atoms with E-state index in [4.69, 9.17) is 12.2 Å². The molecule has 0 saturated heterocycles. The number of nitrogens with zero attached hydrogens (tertiary/aromatic N) is 1. The van der Waals surface area contributed by atoms with Crippen LogP contribution in [0.1, 0.15) is 11.3 Å². The molecule has 0 spiro atoms. The van der Waals surface area contributed by atoms with Gasteiger partial charge in [0.25, 0.3) is 0 Å². The summed E-state index contributed by atoms with van der Waals surface area (Å²) >= 11 is 4.73. The van der Waals surface area contributed by atoms with E-state index in [1.807, 2.05) is 24.3 Å². The smallest absolute Gasteiger partial charge is 0.0836 e. The van der Waals surface area contributed by atoms with Gasteiger partial charge in [0.15, 0.2) is 0 Å². The molecule has 0 aliphatic rings. The summed E-state index contributed by atoms with van der Waals surface area (Å²) in [7, 11) is 0. The van der Waals surface area contributed by atoms with E-state index in [1.165, 1.54) is 10.9 Å². The molecular weight excluding hydrogens is 178 g/mol. The normalized spacial score (nSPS) is 10.2. The van der Waals surface area contributed by atoms with Gasteiger partial charge in [-0.3, -0.25) is 0 Å². The van der Waals surface area contributed by atoms with Crippen molar-refractivity contribution in [2.75, 3.05) is 0 Å². The molecule has 1 nitrogen and oxygen atoms in total. The Labute approximate surface area is 82.4 Å². The number of aromatic nitrogens is 1. The van der Waals surface area contributed by atoms with Crippen LogP contribution in [0.5, 0.6) is 0 Å². The monoisotopic (exact) mass is 186 g/mol. The number of rotatable bonds is 1. The van der Waals surface area contributed by atoms with E-state index in [2.05, 4.69) is 23.3 Å². The molecule has 0 N–H and O–H groups in total. The summed E-state index contributed by atoms with van der Waals surface area (Å²) in [6.07, 6.45) is 0. The van der Waals surface area contributed by atoms with E-state index >= 15 is 0 Å². The van der Waals surface area contributed by atoms with Crippen molar-refractivity contribution in [3.05, 3.63) is 41.6 Å². The first-order valence-corrected chi connectivity index (χ1v) is 4.46. The first-order valence-electron chi connectivity index (χ1n) is 4.06. The van der Waals surface area contributed by atoms with Gasteiger partial charge in [0.2, 0.25) is 0 Å². The van der Waals surface area contributed by atoms with Crippen LogP contribution in [0.15, 0.2) is 30.3 Å². The Balaban J connectivity index is 2.84. The summed E-state index contributed by atoms with van der Waals surface area (Å²) in [4.78, 5) is 4.34. The second-order valence-corrected chi connectivity index (χ2v) is 3.15. The fraction of sp³-hybridized carbons (Fsp3) is 0.0909. The van der Waals surface area contributed by atoms with E-state index in [9.17, 15) is 0 Å². The van der Waals surface area contributed by atoms with Crippen molar-refractivity contribution in [1.29, 1.82) is 0 Å². The van der Waals surface area contributed by atoms with Crippen LogP contribution in [0.3, 0.4) is 0 Å². The molecule has 0 saturated carbocycles. The highest BCUT2D eigenvalue weighted by Crippen LogP contribution is 2.16. The molecule has 0 aliphatic heterocycles. The number of aryl methyl sites for hydroxylation is 1. The zero-order chi connectivity index (χ0) is 9.26. The Kier molecular flexibility index (Phi) is 2.07. The Hall–Kier alpha value is -1.28. The molecule has 0 atom stereocenters. The Morgan fingerprint density at radius 3 is 2.85 bits per heavy atom. The molecule has 0 aliphatic carbocycles. The summed E-state index contributed by atoms with van der Waals surface area (Å²) in [5.74, 6) is 0. The Morgan fingerprint density at radius 2 is 2.08 bits per heavy atom. The van der Waals surface area contributed by atoms with Crippen LogP contribution < -0.4 is 0 Å². The molecule has 2 aromatic rings. The zero-order valence-corrected chi connectivity index (χ0v) is 8.06. The summed E-state index contributed by atoms with van der Waals surface area (Å²) in [6, 6.07) is 9.98. The Morgan fingerprint density at radius 1 is 1.31 bits per heavy atom. The topological polar surface area (TPSA) is 12.9 Å². The van der Waals surface area contributed by atoms with Gasteiger partial charge in [-0.25, -0.2) is 4.98 Å². The van der Waals surface area contributed by atoms with Crippen molar-refractivity contribution < 1.29 is 0 Å². The molecule has 2 heteroatoms. The second kappa shape index (κ2) is 3.23. The summed E-state index contributed by atoms with van der Waals surface area (Å²) in [6.45, 7) is 2.06. The van der Waals surface area contributed by atoms with E-state index in [-0.39, 0.29) is 0 Å². The molecule has 1 heterocycles. The molecule has 0 fully saturated rings. The molecule has 13 heavy (non-hydrogen) atoms. The Bertz CT molecular complexity index is 463. The van der Waals surface area contributed by atoms with Crippen molar-refractivity contribution in [2.24, 2.45) is 0 Å². The molecule has 63 valence electrons. The molecule has 0 amide bonds. The summed E-state index contributed by atoms with van der Waals surface area (Å²) in [5.41, 5.74) is 2.92. The lowest BCUT2D eigenvalue weighted by molar-refractivity contribution is 1.35. The number of fused-ring (bicyclic) bond motifs is 1. The SMILES string of the molecule is Cc1cc([C]=S)nc2ccccc12. The van der Waals surface area contributed by atoms with Gasteiger partial charge in [0, 0.05) is 5.39 Å². The highest BCUT2D eigenvalue weighted by molar-refractivity contribution is 7.79. The fourth-order valence-corrected chi connectivity index (χ4v) is 1.51. The van der Waals surface area contributed by atoms with E-state index in [1.54, 1.807) is 0 Å². The summed E-state index contributed by atoms with van der Waals surface area (Å²) in [5, 5.41) is 3.81. The van der Waals surface area contributed by atoms with Gasteiger partial charge < -0.3 is 0 Å². The van der Waals surface area contributed by atoms with Crippen LogP contribution in [-0.4, -0.2) is 10.4 Å². The van der Waals surface area contributed by atoms with E-state index < -0.39 is 0 Å². The number of hydrogen-bond donors (Lipinski definition) is 0. The van der Waals surface area contributed by atoms with Crippen molar-refractivity contribution >= 4 is 28.5 Å². The van der Waals surface area contributed by atoms with Gasteiger partial charge in [-0.2, -0.15) is 0 Å². The van der Waals surface area contributed by atoms with Crippen LogP contribution in [0.2, 0.25) is 0 Å². The van der Waals surface area contributed by atoms with Crippen molar-refractivity contribution in [1.82, 2.24) is 4.98 Å². The minimum atomic E-state index is 0.742. The van der Waals surface area contributed by atoms with Gasteiger partial charge in [-0.1, -0.05) is 30.4 Å². The minimum Gasteiger partial charge on any atom is -0.247 e. The standard InChI is InChI=1S/C11H8NS/c1-8-6-9(7-13)12-11-5-3-2-4-10(8)11/h2-6H,1H3. The quantitative estimate of drug-likeness (QED) is 0.635. The predicted octanol–water partition coefficient (Wildman–Crippen LogP) is 2.77. The van der Waals surface area contributed by atoms with Crippen LogP contribution in [0.4, 0.5) is 0 Å². The first kappa shape index (κ1) is 8.32.